The van der Waals surface area contributed by atoms with E-state index in [1.54, 1.807) is 0 Å². The van der Waals surface area contributed by atoms with Crippen LogP contribution in [0.5, 0.6) is 5.75 Å². The van der Waals surface area contributed by atoms with E-state index in [2.05, 4.69) is 27.9 Å². The van der Waals surface area contributed by atoms with E-state index in [9.17, 15) is 5.11 Å². The molecular weight excluding hydrogens is 289 g/mol. The number of aromatic hydroxyl groups is 1. The Labute approximate surface area is 97.9 Å². The van der Waals surface area contributed by atoms with Crippen LogP contribution in [0, 0.1) is 3.57 Å². The molecule has 76 valence electrons. The van der Waals surface area contributed by atoms with Gasteiger partial charge in [-0.1, -0.05) is 12.1 Å². The minimum atomic E-state index is 0.486. The molecule has 2 rings (SSSR count). The number of piperidine rings is 1. The Kier molecular flexibility index (Phi) is 3.28. The maximum atomic E-state index is 9.92. The van der Waals surface area contributed by atoms with Crippen molar-refractivity contribution in [2.45, 2.75) is 18.8 Å². The number of rotatable bonds is 1. The SMILES string of the molecule is Oc1c(I)cccc1C1CCNCC1. The van der Waals surface area contributed by atoms with Crippen molar-refractivity contribution < 1.29 is 5.11 Å². The fourth-order valence-electron chi connectivity index (χ4n) is 1.99. The summed E-state index contributed by atoms with van der Waals surface area (Å²) in [6, 6.07) is 6.02. The lowest BCUT2D eigenvalue weighted by atomic mass is 9.90. The van der Waals surface area contributed by atoms with Gasteiger partial charge in [0, 0.05) is 0 Å². The van der Waals surface area contributed by atoms with Crippen LogP contribution in [0.3, 0.4) is 0 Å². The summed E-state index contributed by atoms with van der Waals surface area (Å²) in [6.07, 6.45) is 2.27. The number of benzene rings is 1. The van der Waals surface area contributed by atoms with Crippen molar-refractivity contribution in [3.8, 4) is 5.75 Å². The van der Waals surface area contributed by atoms with E-state index in [1.165, 1.54) is 0 Å². The van der Waals surface area contributed by atoms with Crippen LogP contribution < -0.4 is 5.32 Å². The molecule has 1 aromatic carbocycles. The Morgan fingerprint density at radius 3 is 2.71 bits per heavy atom. The monoisotopic (exact) mass is 303 g/mol. The molecule has 14 heavy (non-hydrogen) atoms. The van der Waals surface area contributed by atoms with Crippen LogP contribution in [0.15, 0.2) is 18.2 Å². The number of para-hydroxylation sites is 1. The highest BCUT2D eigenvalue weighted by atomic mass is 127. The minimum absolute atomic E-state index is 0.486. The van der Waals surface area contributed by atoms with Crippen LogP contribution in [0.25, 0.3) is 0 Å². The standard InChI is InChI=1S/C11H14INO/c12-10-3-1-2-9(11(10)14)8-4-6-13-7-5-8/h1-3,8,13-14H,4-7H2. The Bertz CT molecular complexity index is 321. The molecule has 0 radical (unpaired) electrons. The van der Waals surface area contributed by atoms with Gasteiger partial charge in [-0.05, 0) is 66.1 Å². The van der Waals surface area contributed by atoms with Crippen molar-refractivity contribution in [3.63, 3.8) is 0 Å². The van der Waals surface area contributed by atoms with Crippen LogP contribution in [0.4, 0.5) is 0 Å². The number of hydrogen-bond donors (Lipinski definition) is 2. The summed E-state index contributed by atoms with van der Waals surface area (Å²) in [5.41, 5.74) is 1.12. The summed E-state index contributed by atoms with van der Waals surface area (Å²) >= 11 is 2.18. The zero-order chi connectivity index (χ0) is 9.97. The third-order valence-corrected chi connectivity index (χ3v) is 3.67. The van der Waals surface area contributed by atoms with Gasteiger partial charge >= 0.3 is 0 Å². The molecule has 0 spiro atoms. The highest BCUT2D eigenvalue weighted by molar-refractivity contribution is 14.1. The maximum absolute atomic E-state index is 9.92. The summed E-state index contributed by atoms with van der Waals surface area (Å²) in [6.45, 7) is 2.13. The van der Waals surface area contributed by atoms with Gasteiger partial charge < -0.3 is 10.4 Å². The molecule has 1 aliphatic heterocycles. The Morgan fingerprint density at radius 2 is 2.00 bits per heavy atom. The molecular formula is C11H14INO. The van der Waals surface area contributed by atoms with E-state index >= 15 is 0 Å². The van der Waals surface area contributed by atoms with Gasteiger partial charge in [0.2, 0.25) is 0 Å². The van der Waals surface area contributed by atoms with Gasteiger partial charge in [0.15, 0.2) is 0 Å². The molecule has 3 heteroatoms. The first-order chi connectivity index (χ1) is 6.79. The van der Waals surface area contributed by atoms with Crippen LogP contribution in [-0.4, -0.2) is 18.2 Å². The molecule has 0 aliphatic carbocycles. The molecule has 2 N–H and O–H groups in total. The number of phenolic OH excluding ortho intramolecular Hbond substituents is 1. The molecule has 1 aliphatic rings. The smallest absolute Gasteiger partial charge is 0.132 e. The molecule has 1 aromatic rings. The molecule has 0 bridgehead atoms. The third-order valence-electron chi connectivity index (χ3n) is 2.80. The van der Waals surface area contributed by atoms with E-state index in [0.717, 1.165) is 35.1 Å². The molecule has 1 heterocycles. The molecule has 0 amide bonds. The van der Waals surface area contributed by atoms with Gasteiger partial charge in [0.05, 0.1) is 3.57 Å². The second-order valence-electron chi connectivity index (χ2n) is 3.70. The zero-order valence-electron chi connectivity index (χ0n) is 7.96. The topological polar surface area (TPSA) is 32.3 Å². The van der Waals surface area contributed by atoms with Crippen LogP contribution >= 0.6 is 22.6 Å². The summed E-state index contributed by atoms with van der Waals surface area (Å²) in [5, 5.41) is 13.3. The van der Waals surface area contributed by atoms with E-state index in [0.29, 0.717) is 11.7 Å². The quantitative estimate of drug-likeness (QED) is 0.781. The van der Waals surface area contributed by atoms with Gasteiger partial charge in [-0.2, -0.15) is 0 Å². The average molecular weight is 303 g/mol. The Morgan fingerprint density at radius 1 is 1.29 bits per heavy atom. The summed E-state index contributed by atoms with van der Waals surface area (Å²) in [5.74, 6) is 1.02. The third kappa shape index (κ3) is 2.03. The van der Waals surface area contributed by atoms with E-state index in [-0.39, 0.29) is 0 Å². The van der Waals surface area contributed by atoms with E-state index in [1.807, 2.05) is 18.2 Å². The highest BCUT2D eigenvalue weighted by Crippen LogP contribution is 2.34. The van der Waals surface area contributed by atoms with Gasteiger partial charge in [-0.15, -0.1) is 0 Å². The molecule has 1 saturated heterocycles. The number of hydrogen-bond acceptors (Lipinski definition) is 2. The lowest BCUT2D eigenvalue weighted by Crippen LogP contribution is -2.26. The van der Waals surface area contributed by atoms with Crippen LogP contribution in [0.1, 0.15) is 24.3 Å². The highest BCUT2D eigenvalue weighted by Gasteiger charge is 2.18. The number of phenols is 1. The Hall–Kier alpha value is -0.290. The average Bonchev–Trinajstić information content (AvgIpc) is 2.23. The molecule has 0 unspecified atom stereocenters. The fourth-order valence-corrected chi connectivity index (χ4v) is 2.51. The Balaban J connectivity index is 2.26. The predicted octanol–water partition coefficient (Wildman–Crippen LogP) is 2.46. The van der Waals surface area contributed by atoms with Gasteiger partial charge in [-0.3, -0.25) is 0 Å². The van der Waals surface area contributed by atoms with Gasteiger partial charge in [0.1, 0.15) is 5.75 Å². The van der Waals surface area contributed by atoms with E-state index in [4.69, 9.17) is 0 Å². The molecule has 0 saturated carbocycles. The second kappa shape index (κ2) is 4.49. The first-order valence-electron chi connectivity index (χ1n) is 4.97. The predicted molar refractivity (Wildman–Crippen MR) is 65.7 cm³/mol. The first kappa shape index (κ1) is 10.2. The summed E-state index contributed by atoms with van der Waals surface area (Å²) in [7, 11) is 0. The van der Waals surface area contributed by atoms with Gasteiger partial charge in [0.25, 0.3) is 0 Å². The number of halogens is 1. The van der Waals surface area contributed by atoms with Gasteiger partial charge in [-0.25, -0.2) is 0 Å². The molecule has 1 fully saturated rings. The molecule has 2 nitrogen and oxygen atoms in total. The van der Waals surface area contributed by atoms with Crippen molar-refractivity contribution in [3.05, 3.63) is 27.3 Å². The van der Waals surface area contributed by atoms with E-state index < -0.39 is 0 Å². The lowest BCUT2D eigenvalue weighted by Gasteiger charge is -2.23. The normalized spacial score (nSPS) is 18.4. The summed E-state index contributed by atoms with van der Waals surface area (Å²) in [4.78, 5) is 0. The van der Waals surface area contributed by atoms with Crippen molar-refractivity contribution in [2.24, 2.45) is 0 Å². The second-order valence-corrected chi connectivity index (χ2v) is 4.86. The number of nitrogens with one attached hydrogen (secondary N) is 1. The largest absolute Gasteiger partial charge is 0.507 e. The van der Waals surface area contributed by atoms with Crippen molar-refractivity contribution in [1.29, 1.82) is 0 Å². The van der Waals surface area contributed by atoms with Crippen molar-refractivity contribution >= 4 is 22.6 Å². The van der Waals surface area contributed by atoms with Crippen molar-refractivity contribution in [2.75, 3.05) is 13.1 Å². The molecule has 0 aromatic heterocycles. The fraction of sp³-hybridized carbons (Fsp3) is 0.455. The molecule has 0 atom stereocenters. The summed E-state index contributed by atoms with van der Waals surface area (Å²) < 4.78 is 0.957. The van der Waals surface area contributed by atoms with Crippen LogP contribution in [-0.2, 0) is 0 Å². The minimum Gasteiger partial charge on any atom is -0.507 e. The van der Waals surface area contributed by atoms with Crippen molar-refractivity contribution in [1.82, 2.24) is 5.32 Å². The lowest BCUT2D eigenvalue weighted by molar-refractivity contribution is 0.422. The zero-order valence-corrected chi connectivity index (χ0v) is 10.1. The maximum Gasteiger partial charge on any atom is 0.132 e. The van der Waals surface area contributed by atoms with Crippen LogP contribution in [0.2, 0.25) is 0 Å². The first-order valence-corrected chi connectivity index (χ1v) is 6.05.